The van der Waals surface area contributed by atoms with E-state index in [1.807, 2.05) is 6.92 Å². The summed E-state index contributed by atoms with van der Waals surface area (Å²) in [5.74, 6) is 2.73. The molecule has 3 aromatic rings. The molecule has 1 N–H and O–H groups in total. The van der Waals surface area contributed by atoms with E-state index in [1.54, 1.807) is 18.4 Å². The average Bonchev–Trinajstić information content (AvgIpc) is 3.19. The first kappa shape index (κ1) is 13.9. The van der Waals surface area contributed by atoms with Gasteiger partial charge in [-0.1, -0.05) is 30.8 Å². The maximum absolute atomic E-state index is 5.27. The summed E-state index contributed by atoms with van der Waals surface area (Å²) in [6, 6.07) is 3.57. The maximum atomic E-state index is 5.27. The highest BCUT2D eigenvalue weighted by Gasteiger charge is 2.19. The van der Waals surface area contributed by atoms with Gasteiger partial charge in [0.05, 0.1) is 11.5 Å². The van der Waals surface area contributed by atoms with E-state index in [9.17, 15) is 0 Å². The number of H-pyrrole nitrogens is 1. The highest BCUT2D eigenvalue weighted by molar-refractivity contribution is 7.99. The van der Waals surface area contributed by atoms with Crippen molar-refractivity contribution in [2.24, 2.45) is 0 Å². The van der Waals surface area contributed by atoms with Gasteiger partial charge >= 0.3 is 0 Å². The van der Waals surface area contributed by atoms with Gasteiger partial charge in [0.15, 0.2) is 5.76 Å². The Morgan fingerprint density at radius 1 is 1.24 bits per heavy atom. The molecule has 0 amide bonds. The summed E-state index contributed by atoms with van der Waals surface area (Å²) in [5, 5.41) is 11.6. The van der Waals surface area contributed by atoms with Crippen LogP contribution in [0, 0.1) is 0 Å². The third-order valence-electron chi connectivity index (χ3n) is 2.84. The predicted molar refractivity (Wildman–Crippen MR) is 76.7 cm³/mol. The molecule has 110 valence electrons. The maximum Gasteiger partial charge on any atom is 0.240 e. The molecule has 8 heteroatoms. The lowest BCUT2D eigenvalue weighted by atomic mass is 10.2. The lowest BCUT2D eigenvalue weighted by Gasteiger charge is -2.01. The summed E-state index contributed by atoms with van der Waals surface area (Å²) >= 11 is 1.47. The van der Waals surface area contributed by atoms with Crippen molar-refractivity contribution in [2.75, 3.05) is 0 Å². The van der Waals surface area contributed by atoms with Crippen LogP contribution >= 0.6 is 11.8 Å². The number of nitrogens with one attached hydrogen (secondary N) is 1. The standard InChI is InChI=1S/C13H15N5O2S/c1-7(2)10-15-13(17-16-10)21-8(3)12-14-11(18-20-12)9-5-4-6-19-9/h4-8H,1-3H3,(H,15,16,17)/t8-/m0/s1. The van der Waals surface area contributed by atoms with Crippen LogP contribution < -0.4 is 0 Å². The van der Waals surface area contributed by atoms with E-state index in [0.717, 1.165) is 5.82 Å². The Morgan fingerprint density at radius 3 is 2.76 bits per heavy atom. The zero-order chi connectivity index (χ0) is 14.8. The SMILES string of the molecule is CC(C)c1nc(S[C@@H](C)c2nc(-c3ccco3)no2)n[nH]1. The van der Waals surface area contributed by atoms with E-state index in [2.05, 4.69) is 39.2 Å². The average molecular weight is 305 g/mol. The fourth-order valence-corrected chi connectivity index (χ4v) is 2.45. The van der Waals surface area contributed by atoms with Gasteiger partial charge in [0.1, 0.15) is 5.82 Å². The Kier molecular flexibility index (Phi) is 3.78. The molecule has 0 aromatic carbocycles. The monoisotopic (exact) mass is 305 g/mol. The third kappa shape index (κ3) is 2.99. The minimum absolute atomic E-state index is 0.0444. The lowest BCUT2D eigenvalue weighted by Crippen LogP contribution is -1.91. The van der Waals surface area contributed by atoms with Crippen molar-refractivity contribution >= 4 is 11.8 Å². The Labute approximate surface area is 125 Å². The van der Waals surface area contributed by atoms with Crippen LogP contribution in [0.1, 0.15) is 43.7 Å². The van der Waals surface area contributed by atoms with Crippen molar-refractivity contribution in [2.45, 2.75) is 37.1 Å². The minimum Gasteiger partial charge on any atom is -0.461 e. The molecule has 0 unspecified atom stereocenters. The van der Waals surface area contributed by atoms with Gasteiger partial charge in [-0.2, -0.15) is 4.98 Å². The predicted octanol–water partition coefficient (Wildman–Crippen LogP) is 3.42. The van der Waals surface area contributed by atoms with Crippen LogP contribution in [0.25, 0.3) is 11.6 Å². The number of furan rings is 1. The molecule has 3 heterocycles. The quantitative estimate of drug-likeness (QED) is 0.722. The number of nitrogens with zero attached hydrogens (tertiary/aromatic N) is 4. The topological polar surface area (TPSA) is 93.6 Å². The molecular formula is C13H15N5O2S. The number of hydrogen-bond acceptors (Lipinski definition) is 7. The number of hydrogen-bond donors (Lipinski definition) is 1. The summed E-state index contributed by atoms with van der Waals surface area (Å²) in [5.41, 5.74) is 0. The first-order valence-corrected chi connectivity index (χ1v) is 7.48. The molecule has 0 radical (unpaired) electrons. The van der Waals surface area contributed by atoms with E-state index < -0.39 is 0 Å². The third-order valence-corrected chi connectivity index (χ3v) is 3.79. The van der Waals surface area contributed by atoms with Crippen molar-refractivity contribution in [3.8, 4) is 11.6 Å². The Hall–Kier alpha value is -2.09. The first-order chi connectivity index (χ1) is 10.1. The van der Waals surface area contributed by atoms with Crippen LogP contribution in [0.5, 0.6) is 0 Å². The van der Waals surface area contributed by atoms with Crippen molar-refractivity contribution in [3.63, 3.8) is 0 Å². The van der Waals surface area contributed by atoms with Crippen LogP contribution in [-0.2, 0) is 0 Å². The van der Waals surface area contributed by atoms with Gasteiger partial charge in [0.25, 0.3) is 0 Å². The summed E-state index contributed by atoms with van der Waals surface area (Å²) in [7, 11) is 0. The zero-order valence-electron chi connectivity index (χ0n) is 11.9. The molecule has 0 saturated carbocycles. The Balaban J connectivity index is 1.71. The smallest absolute Gasteiger partial charge is 0.240 e. The van der Waals surface area contributed by atoms with E-state index >= 15 is 0 Å². The van der Waals surface area contributed by atoms with Crippen molar-refractivity contribution < 1.29 is 8.94 Å². The molecule has 0 aliphatic rings. The number of aromatic amines is 1. The normalized spacial score (nSPS) is 13.0. The number of rotatable bonds is 5. The van der Waals surface area contributed by atoms with Gasteiger partial charge in [-0.15, -0.1) is 5.10 Å². The fraction of sp³-hybridized carbons (Fsp3) is 0.385. The summed E-state index contributed by atoms with van der Waals surface area (Å²) in [6.45, 7) is 6.09. The second-order valence-corrected chi connectivity index (χ2v) is 6.16. The van der Waals surface area contributed by atoms with Gasteiger partial charge in [-0.25, -0.2) is 4.98 Å². The second kappa shape index (κ2) is 5.72. The van der Waals surface area contributed by atoms with Gasteiger partial charge in [-0.05, 0) is 19.1 Å². The lowest BCUT2D eigenvalue weighted by molar-refractivity contribution is 0.379. The minimum atomic E-state index is -0.0444. The van der Waals surface area contributed by atoms with Crippen molar-refractivity contribution in [3.05, 3.63) is 30.1 Å². The Bertz CT molecular complexity index is 704. The van der Waals surface area contributed by atoms with Crippen LogP contribution in [0.15, 0.2) is 32.5 Å². The van der Waals surface area contributed by atoms with E-state index in [-0.39, 0.29) is 5.25 Å². The Morgan fingerprint density at radius 2 is 2.10 bits per heavy atom. The van der Waals surface area contributed by atoms with Crippen LogP contribution in [0.3, 0.4) is 0 Å². The van der Waals surface area contributed by atoms with E-state index in [4.69, 9.17) is 8.94 Å². The molecule has 0 aliphatic heterocycles. The summed E-state index contributed by atoms with van der Waals surface area (Å²) in [6.07, 6.45) is 1.57. The zero-order valence-corrected chi connectivity index (χ0v) is 12.7. The van der Waals surface area contributed by atoms with Crippen molar-refractivity contribution in [1.29, 1.82) is 0 Å². The summed E-state index contributed by atoms with van der Waals surface area (Å²) in [4.78, 5) is 8.75. The van der Waals surface area contributed by atoms with Gasteiger partial charge < -0.3 is 8.94 Å². The second-order valence-electron chi connectivity index (χ2n) is 4.85. The highest BCUT2D eigenvalue weighted by Crippen LogP contribution is 2.33. The molecule has 3 aromatic heterocycles. The number of aromatic nitrogens is 5. The largest absolute Gasteiger partial charge is 0.461 e. The first-order valence-electron chi connectivity index (χ1n) is 6.60. The van der Waals surface area contributed by atoms with Crippen LogP contribution in [-0.4, -0.2) is 25.3 Å². The molecule has 0 aliphatic carbocycles. The van der Waals surface area contributed by atoms with Gasteiger partial charge in [0, 0.05) is 5.92 Å². The van der Waals surface area contributed by atoms with E-state index in [1.165, 1.54) is 11.8 Å². The molecule has 21 heavy (non-hydrogen) atoms. The molecule has 1 atom stereocenters. The fourth-order valence-electron chi connectivity index (χ4n) is 1.68. The molecule has 0 bridgehead atoms. The molecule has 0 saturated heterocycles. The molecular weight excluding hydrogens is 290 g/mol. The van der Waals surface area contributed by atoms with Gasteiger partial charge in [-0.3, -0.25) is 5.10 Å². The van der Waals surface area contributed by atoms with Gasteiger partial charge in [0.2, 0.25) is 16.9 Å². The molecule has 7 nitrogen and oxygen atoms in total. The van der Waals surface area contributed by atoms with Crippen molar-refractivity contribution in [1.82, 2.24) is 25.3 Å². The highest BCUT2D eigenvalue weighted by atomic mass is 32.2. The van der Waals surface area contributed by atoms with E-state index in [0.29, 0.717) is 28.5 Å². The molecule has 0 fully saturated rings. The number of thioether (sulfide) groups is 1. The van der Waals surface area contributed by atoms with Crippen LogP contribution in [0.2, 0.25) is 0 Å². The molecule has 3 rings (SSSR count). The molecule has 0 spiro atoms. The summed E-state index contributed by atoms with van der Waals surface area (Å²) < 4.78 is 10.5. The van der Waals surface area contributed by atoms with Crippen LogP contribution in [0.4, 0.5) is 0 Å².